The average Bonchev–Trinajstić information content (AvgIpc) is 1.78. The minimum Gasteiger partial charge on any atom is -0.494 e. The topological polar surface area (TPSA) is 68.9 Å². The summed E-state index contributed by atoms with van der Waals surface area (Å²) in [4.78, 5) is 16.3. The van der Waals surface area contributed by atoms with E-state index in [9.17, 15) is 9.90 Å². The second-order valence-electron chi connectivity index (χ2n) is 3.88. The van der Waals surface area contributed by atoms with Crippen molar-refractivity contribution in [3.8, 4) is 5.88 Å². The summed E-state index contributed by atoms with van der Waals surface area (Å²) >= 11 is 4.70. The molecule has 1 aromatic heterocycles. The van der Waals surface area contributed by atoms with Crippen molar-refractivity contribution in [1.29, 1.82) is 0 Å². The van der Waals surface area contributed by atoms with E-state index in [0.717, 1.165) is 0 Å². The van der Waals surface area contributed by atoms with E-state index in [0.29, 0.717) is 5.56 Å². The smallest absolute Gasteiger partial charge is 0.259 e. The van der Waals surface area contributed by atoms with Crippen molar-refractivity contribution in [2.45, 2.75) is 26.2 Å². The molecule has 4 nitrogen and oxygen atoms in total. The van der Waals surface area contributed by atoms with Crippen molar-refractivity contribution >= 4 is 12.2 Å². The van der Waals surface area contributed by atoms with E-state index in [-0.39, 0.29) is 16.2 Å². The lowest BCUT2D eigenvalue weighted by Crippen LogP contribution is -2.25. The van der Waals surface area contributed by atoms with Gasteiger partial charge in [0.15, 0.2) is 10.7 Å². The van der Waals surface area contributed by atoms with E-state index >= 15 is 0 Å². The maximum atomic E-state index is 11.4. The highest BCUT2D eigenvalue weighted by Gasteiger charge is 2.22. The van der Waals surface area contributed by atoms with Crippen molar-refractivity contribution in [2.75, 3.05) is 0 Å². The van der Waals surface area contributed by atoms with Gasteiger partial charge in [0.05, 0.1) is 5.56 Å². The highest BCUT2D eigenvalue weighted by atomic mass is 32.1. The van der Waals surface area contributed by atoms with E-state index in [1.165, 1.54) is 0 Å². The third-order valence-corrected chi connectivity index (χ3v) is 1.88. The fourth-order valence-corrected chi connectivity index (χ4v) is 1.36. The van der Waals surface area contributed by atoms with Gasteiger partial charge in [-0.2, -0.15) is 0 Å². The van der Waals surface area contributed by atoms with Gasteiger partial charge in [-0.1, -0.05) is 20.8 Å². The molecule has 0 atom stereocenters. The first-order valence-corrected chi connectivity index (χ1v) is 4.29. The minimum atomic E-state index is -0.406. The van der Waals surface area contributed by atoms with Gasteiger partial charge in [0.25, 0.3) is 5.56 Å². The predicted molar refractivity (Wildman–Crippen MR) is 52.6 cm³/mol. The Bertz CT molecular complexity index is 425. The summed E-state index contributed by atoms with van der Waals surface area (Å²) in [7, 11) is 0. The molecule has 1 heterocycles. The summed E-state index contributed by atoms with van der Waals surface area (Å²) in [5.74, 6) is -0.152. The number of aromatic hydroxyl groups is 1. The number of nitrogens with one attached hydrogen (secondary N) is 2. The first-order valence-electron chi connectivity index (χ1n) is 3.88. The lowest BCUT2D eigenvalue weighted by atomic mass is 9.88. The van der Waals surface area contributed by atoms with Crippen LogP contribution >= 0.6 is 12.2 Å². The molecule has 0 aliphatic rings. The SMILES string of the molecule is CC(C)(C)c1c(O)[nH]c(=S)[nH]c1=O. The zero-order valence-electron chi connectivity index (χ0n) is 7.76. The zero-order valence-corrected chi connectivity index (χ0v) is 8.58. The highest BCUT2D eigenvalue weighted by molar-refractivity contribution is 7.71. The van der Waals surface area contributed by atoms with Crippen molar-refractivity contribution in [1.82, 2.24) is 9.97 Å². The van der Waals surface area contributed by atoms with Crippen LogP contribution in [0.25, 0.3) is 0 Å². The monoisotopic (exact) mass is 200 g/mol. The molecule has 0 bridgehead atoms. The molecule has 0 aliphatic carbocycles. The summed E-state index contributed by atoms with van der Waals surface area (Å²) < 4.78 is 0.135. The maximum Gasteiger partial charge on any atom is 0.259 e. The molecule has 0 saturated carbocycles. The molecule has 0 aromatic carbocycles. The Morgan fingerprint density at radius 3 is 2.23 bits per heavy atom. The number of hydrogen-bond donors (Lipinski definition) is 3. The largest absolute Gasteiger partial charge is 0.494 e. The van der Waals surface area contributed by atoms with E-state index in [1.807, 2.05) is 20.8 Å². The number of rotatable bonds is 0. The van der Waals surface area contributed by atoms with Gasteiger partial charge in [-0.15, -0.1) is 0 Å². The van der Waals surface area contributed by atoms with Gasteiger partial charge in [0.1, 0.15) is 0 Å². The molecule has 0 saturated heterocycles. The van der Waals surface area contributed by atoms with Crippen molar-refractivity contribution < 1.29 is 5.11 Å². The Balaban J connectivity index is 3.57. The third-order valence-electron chi connectivity index (χ3n) is 1.67. The van der Waals surface area contributed by atoms with Gasteiger partial charge in [0, 0.05) is 0 Å². The molecule has 13 heavy (non-hydrogen) atoms. The summed E-state index contributed by atoms with van der Waals surface area (Å²) in [6, 6.07) is 0. The molecule has 0 fully saturated rings. The quantitative estimate of drug-likeness (QED) is 0.555. The molecular weight excluding hydrogens is 188 g/mol. The van der Waals surface area contributed by atoms with Gasteiger partial charge >= 0.3 is 0 Å². The molecule has 0 spiro atoms. The molecule has 0 unspecified atom stereocenters. The summed E-state index contributed by atoms with van der Waals surface area (Å²) in [5, 5.41) is 9.47. The second-order valence-corrected chi connectivity index (χ2v) is 4.29. The molecule has 1 aromatic rings. The minimum absolute atomic E-state index is 0.135. The zero-order chi connectivity index (χ0) is 10.2. The van der Waals surface area contributed by atoms with Gasteiger partial charge in [0.2, 0.25) is 0 Å². The van der Waals surface area contributed by atoms with Crippen LogP contribution in [-0.2, 0) is 5.41 Å². The number of hydrogen-bond acceptors (Lipinski definition) is 3. The van der Waals surface area contributed by atoms with Crippen LogP contribution in [0.1, 0.15) is 26.3 Å². The Labute approximate surface area is 80.6 Å². The van der Waals surface area contributed by atoms with Gasteiger partial charge in [-0.3, -0.25) is 9.78 Å². The normalized spacial score (nSPS) is 11.6. The van der Waals surface area contributed by atoms with Gasteiger partial charge in [-0.05, 0) is 17.6 Å². The fourth-order valence-electron chi connectivity index (χ4n) is 1.17. The Hall–Kier alpha value is -1.10. The lowest BCUT2D eigenvalue weighted by Gasteiger charge is -2.17. The predicted octanol–water partition coefficient (Wildman–Crippen LogP) is 1.44. The Morgan fingerprint density at radius 2 is 1.85 bits per heavy atom. The number of aromatic nitrogens is 2. The van der Waals surface area contributed by atoms with Crippen LogP contribution in [0.4, 0.5) is 0 Å². The van der Waals surface area contributed by atoms with Gasteiger partial charge in [-0.25, -0.2) is 0 Å². The van der Waals surface area contributed by atoms with Crippen molar-refractivity contribution in [3.05, 3.63) is 20.7 Å². The van der Waals surface area contributed by atoms with Crippen LogP contribution in [0.5, 0.6) is 5.88 Å². The molecule has 3 N–H and O–H groups in total. The van der Waals surface area contributed by atoms with Crippen LogP contribution < -0.4 is 5.56 Å². The summed E-state index contributed by atoms with van der Waals surface area (Å²) in [6.45, 7) is 5.52. The van der Waals surface area contributed by atoms with E-state index in [1.54, 1.807) is 0 Å². The average molecular weight is 200 g/mol. The lowest BCUT2D eigenvalue weighted by molar-refractivity contribution is 0.420. The first-order chi connectivity index (χ1) is 5.82. The van der Waals surface area contributed by atoms with Crippen molar-refractivity contribution in [2.24, 2.45) is 0 Å². The molecule has 5 heteroatoms. The standard InChI is InChI=1S/C8H12N2O2S/c1-8(2,3)4-5(11)9-7(13)10-6(4)12/h1-3H3,(H3,9,10,11,12,13). The molecule has 0 amide bonds. The van der Waals surface area contributed by atoms with E-state index < -0.39 is 5.41 Å². The van der Waals surface area contributed by atoms with E-state index in [4.69, 9.17) is 12.2 Å². The van der Waals surface area contributed by atoms with Crippen LogP contribution in [0.15, 0.2) is 4.79 Å². The van der Waals surface area contributed by atoms with Crippen LogP contribution in [0.3, 0.4) is 0 Å². The fraction of sp³-hybridized carbons (Fsp3) is 0.500. The summed E-state index contributed by atoms with van der Waals surface area (Å²) in [6.07, 6.45) is 0. The van der Waals surface area contributed by atoms with Crippen LogP contribution in [0.2, 0.25) is 0 Å². The molecule has 1 rings (SSSR count). The summed E-state index contributed by atoms with van der Waals surface area (Å²) in [5.41, 5.74) is -0.424. The number of aromatic amines is 2. The molecule has 0 radical (unpaired) electrons. The molecule has 0 aliphatic heterocycles. The van der Waals surface area contributed by atoms with Gasteiger partial charge < -0.3 is 10.1 Å². The Kier molecular flexibility index (Phi) is 2.30. The van der Waals surface area contributed by atoms with Crippen LogP contribution in [0, 0.1) is 4.77 Å². The highest BCUT2D eigenvalue weighted by Crippen LogP contribution is 2.24. The molecular formula is C8H12N2O2S. The van der Waals surface area contributed by atoms with E-state index in [2.05, 4.69) is 9.97 Å². The van der Waals surface area contributed by atoms with Crippen LogP contribution in [-0.4, -0.2) is 15.1 Å². The first kappa shape index (κ1) is 9.98. The molecule has 72 valence electrons. The number of H-pyrrole nitrogens is 2. The maximum absolute atomic E-state index is 11.4. The Morgan fingerprint density at radius 1 is 1.31 bits per heavy atom. The second kappa shape index (κ2) is 2.99. The third kappa shape index (κ3) is 1.98. The van der Waals surface area contributed by atoms with Crippen molar-refractivity contribution in [3.63, 3.8) is 0 Å².